The van der Waals surface area contributed by atoms with Crippen molar-refractivity contribution in [2.75, 3.05) is 30.1 Å². The number of nitrogens with zero attached hydrogens (tertiary/aromatic N) is 3. The molecule has 0 bridgehead atoms. The van der Waals surface area contributed by atoms with Crippen molar-refractivity contribution in [2.45, 2.75) is 19.8 Å². The number of amides is 1. The predicted octanol–water partition coefficient (Wildman–Crippen LogP) is 3.48. The number of anilines is 2. The summed E-state index contributed by atoms with van der Waals surface area (Å²) in [6.07, 6.45) is 3.43. The third-order valence-electron chi connectivity index (χ3n) is 5.37. The lowest BCUT2D eigenvalue weighted by Crippen LogP contribution is -2.40. The first-order valence-electron chi connectivity index (χ1n) is 9.80. The van der Waals surface area contributed by atoms with Gasteiger partial charge in [0, 0.05) is 30.9 Å². The maximum atomic E-state index is 13.0. The van der Waals surface area contributed by atoms with Crippen LogP contribution in [0.3, 0.4) is 0 Å². The van der Waals surface area contributed by atoms with Crippen LogP contribution in [0.4, 0.5) is 10.8 Å². The topological polar surface area (TPSA) is 93.7 Å². The molecule has 0 spiro atoms. The molecule has 1 N–H and O–H groups in total. The molecule has 1 aromatic carbocycles. The Bertz CT molecular complexity index is 1110. The Hall–Kier alpha value is -3.20. The highest BCUT2D eigenvalue weighted by Crippen LogP contribution is 2.38. The largest absolute Gasteiger partial charge is 0.454 e. The number of pyridine rings is 1. The number of thiazole rings is 1. The van der Waals surface area contributed by atoms with Gasteiger partial charge in [-0.05, 0) is 38.0 Å². The minimum Gasteiger partial charge on any atom is -0.454 e. The lowest BCUT2D eigenvalue weighted by atomic mass is 9.97. The highest BCUT2D eigenvalue weighted by atomic mass is 32.1. The van der Waals surface area contributed by atoms with Gasteiger partial charge in [-0.15, -0.1) is 0 Å². The monoisotopic (exact) mass is 424 g/mol. The minimum absolute atomic E-state index is 0.110. The first-order valence-corrected chi connectivity index (χ1v) is 10.6. The molecule has 1 unspecified atom stereocenters. The molecule has 2 aromatic heterocycles. The van der Waals surface area contributed by atoms with Crippen LogP contribution in [0.5, 0.6) is 11.5 Å². The standard InChI is InChI=1S/C21H20N4O4S/c1-12(26)14-8-17-18(29-11-28-17)9-16(14)23-19(27)13-4-3-7-25(10-13)21-24-15-5-2-6-22-20(15)30-21/h2,5-6,8-9,13H,3-4,7,10-11H2,1H3,(H,23,27). The van der Waals surface area contributed by atoms with Gasteiger partial charge in [-0.2, -0.15) is 0 Å². The van der Waals surface area contributed by atoms with E-state index in [2.05, 4.69) is 20.2 Å². The Balaban J connectivity index is 1.34. The fraction of sp³-hybridized carbons (Fsp3) is 0.333. The van der Waals surface area contributed by atoms with Crippen molar-refractivity contribution in [2.24, 2.45) is 5.92 Å². The Morgan fingerprint density at radius 2 is 2.10 bits per heavy atom. The van der Waals surface area contributed by atoms with Gasteiger partial charge in [0.15, 0.2) is 22.4 Å². The number of ether oxygens (including phenoxy) is 2. The van der Waals surface area contributed by atoms with Crippen LogP contribution in [-0.4, -0.2) is 41.5 Å². The number of aromatic nitrogens is 2. The Morgan fingerprint density at radius 1 is 1.27 bits per heavy atom. The quantitative estimate of drug-likeness (QED) is 0.641. The van der Waals surface area contributed by atoms with Gasteiger partial charge in [-0.1, -0.05) is 11.3 Å². The number of Topliss-reactive ketones (excluding diaryl/α,β-unsaturated/α-hetero) is 1. The summed E-state index contributed by atoms with van der Waals surface area (Å²) in [5, 5.41) is 3.82. The molecule has 8 nitrogen and oxygen atoms in total. The zero-order valence-electron chi connectivity index (χ0n) is 16.4. The summed E-state index contributed by atoms with van der Waals surface area (Å²) in [5.41, 5.74) is 1.74. The first-order chi connectivity index (χ1) is 14.6. The van der Waals surface area contributed by atoms with E-state index >= 15 is 0 Å². The molecule has 3 aromatic rings. The molecule has 1 amide bonds. The van der Waals surface area contributed by atoms with Gasteiger partial charge in [0.2, 0.25) is 12.7 Å². The van der Waals surface area contributed by atoms with Crippen molar-refractivity contribution in [3.8, 4) is 11.5 Å². The molecule has 2 aliphatic rings. The van der Waals surface area contributed by atoms with E-state index in [1.54, 1.807) is 18.3 Å². The van der Waals surface area contributed by atoms with E-state index in [0.717, 1.165) is 34.9 Å². The molecule has 5 rings (SSSR count). The molecule has 9 heteroatoms. The zero-order valence-corrected chi connectivity index (χ0v) is 17.2. The summed E-state index contributed by atoms with van der Waals surface area (Å²) >= 11 is 1.54. The third-order valence-corrected chi connectivity index (χ3v) is 6.41. The Labute approximate surface area is 176 Å². The summed E-state index contributed by atoms with van der Waals surface area (Å²) in [6.45, 7) is 3.01. The molecule has 1 saturated heterocycles. The van der Waals surface area contributed by atoms with Crippen LogP contribution in [0.1, 0.15) is 30.1 Å². The minimum atomic E-state index is -0.205. The number of carbonyl (C=O) groups excluding carboxylic acids is 2. The normalized spacial score (nSPS) is 17.9. The summed E-state index contributed by atoms with van der Waals surface area (Å²) in [6, 6.07) is 7.11. The van der Waals surface area contributed by atoms with Crippen molar-refractivity contribution in [1.29, 1.82) is 0 Å². The maximum absolute atomic E-state index is 13.0. The van der Waals surface area contributed by atoms with E-state index in [0.29, 0.717) is 29.3 Å². The van der Waals surface area contributed by atoms with E-state index in [4.69, 9.17) is 9.47 Å². The van der Waals surface area contributed by atoms with Gasteiger partial charge in [0.25, 0.3) is 0 Å². The molecule has 0 saturated carbocycles. The van der Waals surface area contributed by atoms with Crippen LogP contribution in [0.15, 0.2) is 30.5 Å². The molecule has 1 atom stereocenters. The van der Waals surface area contributed by atoms with Gasteiger partial charge >= 0.3 is 0 Å². The average Bonchev–Trinajstić information content (AvgIpc) is 3.39. The van der Waals surface area contributed by atoms with Crippen molar-refractivity contribution >= 4 is 44.2 Å². The summed E-state index contributed by atoms with van der Waals surface area (Å²) in [5.74, 6) is 0.592. The molecule has 2 aliphatic heterocycles. The van der Waals surface area contributed by atoms with Gasteiger partial charge in [0.1, 0.15) is 10.3 Å². The average molecular weight is 424 g/mol. The van der Waals surface area contributed by atoms with E-state index < -0.39 is 0 Å². The number of nitrogens with one attached hydrogen (secondary N) is 1. The third kappa shape index (κ3) is 3.45. The summed E-state index contributed by atoms with van der Waals surface area (Å²) in [7, 11) is 0. The molecule has 1 fully saturated rings. The smallest absolute Gasteiger partial charge is 0.231 e. The Kier molecular flexibility index (Phi) is 4.74. The first kappa shape index (κ1) is 18.8. The fourth-order valence-electron chi connectivity index (χ4n) is 3.83. The second-order valence-corrected chi connectivity index (χ2v) is 8.36. The van der Waals surface area contributed by atoms with Crippen molar-refractivity contribution < 1.29 is 19.1 Å². The molecular formula is C21H20N4O4S. The number of rotatable bonds is 4. The number of fused-ring (bicyclic) bond motifs is 2. The molecule has 30 heavy (non-hydrogen) atoms. The lowest BCUT2D eigenvalue weighted by molar-refractivity contribution is -0.120. The summed E-state index contributed by atoms with van der Waals surface area (Å²) < 4.78 is 10.7. The molecule has 0 aliphatic carbocycles. The second kappa shape index (κ2) is 7.56. The lowest BCUT2D eigenvalue weighted by Gasteiger charge is -2.31. The molecule has 0 radical (unpaired) electrons. The molecule has 4 heterocycles. The highest BCUT2D eigenvalue weighted by molar-refractivity contribution is 7.21. The zero-order chi connectivity index (χ0) is 20.7. The number of hydrogen-bond donors (Lipinski definition) is 1. The van der Waals surface area contributed by atoms with E-state index in [1.165, 1.54) is 18.3 Å². The maximum Gasteiger partial charge on any atom is 0.231 e. The number of ketones is 1. The van der Waals surface area contributed by atoms with Crippen LogP contribution < -0.4 is 19.7 Å². The SMILES string of the molecule is CC(=O)c1cc2c(cc1NC(=O)C1CCCN(c3nc4cccnc4s3)C1)OCO2. The van der Waals surface area contributed by atoms with Gasteiger partial charge in [-0.3, -0.25) is 9.59 Å². The van der Waals surface area contributed by atoms with E-state index in [9.17, 15) is 9.59 Å². The van der Waals surface area contributed by atoms with Crippen molar-refractivity contribution in [3.05, 3.63) is 36.0 Å². The van der Waals surface area contributed by atoms with Crippen LogP contribution in [0.25, 0.3) is 10.3 Å². The molecule has 154 valence electrons. The van der Waals surface area contributed by atoms with Crippen LogP contribution in [0, 0.1) is 5.92 Å². The summed E-state index contributed by atoms with van der Waals surface area (Å²) in [4.78, 5) is 37.2. The van der Waals surface area contributed by atoms with Gasteiger partial charge in [0.05, 0.1) is 11.6 Å². The van der Waals surface area contributed by atoms with Crippen molar-refractivity contribution in [3.63, 3.8) is 0 Å². The van der Waals surface area contributed by atoms with Crippen LogP contribution >= 0.6 is 11.3 Å². The van der Waals surface area contributed by atoms with Crippen LogP contribution in [-0.2, 0) is 4.79 Å². The van der Waals surface area contributed by atoms with Gasteiger partial charge in [-0.25, -0.2) is 9.97 Å². The number of benzene rings is 1. The van der Waals surface area contributed by atoms with E-state index in [-0.39, 0.29) is 24.4 Å². The molecular weight excluding hydrogens is 404 g/mol. The van der Waals surface area contributed by atoms with Crippen LogP contribution in [0.2, 0.25) is 0 Å². The van der Waals surface area contributed by atoms with Gasteiger partial charge < -0.3 is 19.7 Å². The van der Waals surface area contributed by atoms with E-state index in [1.807, 2.05) is 12.1 Å². The number of piperidine rings is 1. The fourth-order valence-corrected chi connectivity index (χ4v) is 4.77. The second-order valence-electron chi connectivity index (χ2n) is 7.41. The van der Waals surface area contributed by atoms with Crippen molar-refractivity contribution in [1.82, 2.24) is 9.97 Å². The number of hydrogen-bond acceptors (Lipinski definition) is 8. The predicted molar refractivity (Wildman–Crippen MR) is 114 cm³/mol. The number of carbonyl (C=O) groups is 2. The Morgan fingerprint density at radius 3 is 2.90 bits per heavy atom. The highest BCUT2D eigenvalue weighted by Gasteiger charge is 2.29.